The third-order valence-corrected chi connectivity index (χ3v) is 2.50. The molecule has 0 aliphatic rings. The van der Waals surface area contributed by atoms with Crippen molar-refractivity contribution in [2.45, 2.75) is 13.0 Å². The Hall–Kier alpha value is -2.48. The number of nitrogens with one attached hydrogen (secondary N) is 1. The molecule has 2 rings (SSSR count). The first-order valence-corrected chi connectivity index (χ1v) is 5.43. The number of hydrogen-bond donors (Lipinski definition) is 1. The van der Waals surface area contributed by atoms with Crippen LogP contribution in [0.2, 0.25) is 0 Å². The van der Waals surface area contributed by atoms with Crippen LogP contribution in [0.15, 0.2) is 36.8 Å². The van der Waals surface area contributed by atoms with Crippen molar-refractivity contribution < 1.29 is 4.39 Å². The van der Waals surface area contributed by atoms with Crippen LogP contribution in [0.4, 0.5) is 10.1 Å². The van der Waals surface area contributed by atoms with E-state index in [4.69, 9.17) is 5.26 Å². The minimum Gasteiger partial charge on any atom is -0.377 e. The van der Waals surface area contributed by atoms with E-state index >= 15 is 0 Å². The second kappa shape index (κ2) is 5.23. The highest BCUT2D eigenvalue weighted by molar-refractivity contribution is 5.50. The Morgan fingerprint density at radius 1 is 1.39 bits per heavy atom. The summed E-state index contributed by atoms with van der Waals surface area (Å²) < 4.78 is 13.2. The molecule has 1 atom stereocenters. The number of halogens is 1. The number of nitriles is 1. The summed E-state index contributed by atoms with van der Waals surface area (Å²) in [6.07, 6.45) is 4.87. The molecule has 0 spiro atoms. The zero-order chi connectivity index (χ0) is 13.0. The van der Waals surface area contributed by atoms with E-state index in [1.165, 1.54) is 12.1 Å². The van der Waals surface area contributed by atoms with Crippen LogP contribution in [0, 0.1) is 17.1 Å². The van der Waals surface area contributed by atoms with E-state index in [-0.39, 0.29) is 11.6 Å². The maximum absolute atomic E-state index is 13.2. The van der Waals surface area contributed by atoms with Crippen LogP contribution in [0.1, 0.15) is 24.2 Å². The lowest BCUT2D eigenvalue weighted by Gasteiger charge is -2.14. The Kier molecular flexibility index (Phi) is 3.49. The first-order chi connectivity index (χ1) is 8.70. The fraction of sp³-hybridized carbons (Fsp3) is 0.154. The van der Waals surface area contributed by atoms with E-state index in [1.807, 2.05) is 6.92 Å². The zero-order valence-electron chi connectivity index (χ0n) is 9.76. The summed E-state index contributed by atoms with van der Waals surface area (Å²) in [5.74, 6) is -0.518. The Balaban J connectivity index is 2.18. The molecule has 1 aromatic carbocycles. The van der Waals surface area contributed by atoms with Gasteiger partial charge in [-0.05, 0) is 25.1 Å². The van der Waals surface area contributed by atoms with Gasteiger partial charge in [0.05, 0.1) is 23.5 Å². The number of aromatic nitrogens is 2. The topological polar surface area (TPSA) is 61.6 Å². The average molecular weight is 242 g/mol. The lowest BCUT2D eigenvalue weighted by atomic mass is 10.1. The Bertz CT molecular complexity index is 577. The van der Waals surface area contributed by atoms with Crippen LogP contribution in [0.3, 0.4) is 0 Å². The fourth-order valence-electron chi connectivity index (χ4n) is 1.56. The summed E-state index contributed by atoms with van der Waals surface area (Å²) >= 11 is 0. The van der Waals surface area contributed by atoms with Crippen molar-refractivity contribution in [3.63, 3.8) is 0 Å². The van der Waals surface area contributed by atoms with Gasteiger partial charge in [0, 0.05) is 18.1 Å². The molecule has 5 heteroatoms. The first kappa shape index (κ1) is 12.0. The van der Waals surface area contributed by atoms with Gasteiger partial charge in [-0.25, -0.2) is 4.39 Å². The van der Waals surface area contributed by atoms with Crippen molar-refractivity contribution in [1.29, 1.82) is 5.26 Å². The Morgan fingerprint density at radius 3 is 2.89 bits per heavy atom. The van der Waals surface area contributed by atoms with Gasteiger partial charge in [0.1, 0.15) is 11.9 Å². The smallest absolute Gasteiger partial charge is 0.141 e. The molecule has 0 saturated heterocycles. The maximum atomic E-state index is 13.2. The quantitative estimate of drug-likeness (QED) is 0.898. The van der Waals surface area contributed by atoms with Gasteiger partial charge in [-0.2, -0.15) is 5.26 Å². The molecule has 1 heterocycles. The molecular weight excluding hydrogens is 231 g/mol. The van der Waals surface area contributed by atoms with Crippen LogP contribution >= 0.6 is 0 Å². The molecular formula is C13H11FN4. The maximum Gasteiger partial charge on any atom is 0.141 e. The predicted molar refractivity (Wildman–Crippen MR) is 65.2 cm³/mol. The van der Waals surface area contributed by atoms with Gasteiger partial charge in [0.2, 0.25) is 0 Å². The lowest BCUT2D eigenvalue weighted by Crippen LogP contribution is -2.08. The third-order valence-electron chi connectivity index (χ3n) is 2.50. The molecule has 0 aliphatic heterocycles. The van der Waals surface area contributed by atoms with E-state index in [0.29, 0.717) is 5.69 Å². The van der Waals surface area contributed by atoms with Crippen LogP contribution in [-0.2, 0) is 0 Å². The Labute approximate surface area is 104 Å². The summed E-state index contributed by atoms with van der Waals surface area (Å²) in [4.78, 5) is 8.15. The largest absolute Gasteiger partial charge is 0.377 e. The third kappa shape index (κ3) is 2.61. The first-order valence-electron chi connectivity index (χ1n) is 5.43. The molecule has 0 radical (unpaired) electrons. The van der Waals surface area contributed by atoms with Crippen LogP contribution < -0.4 is 5.32 Å². The normalized spacial score (nSPS) is 11.6. The minimum atomic E-state index is -0.518. The number of benzene rings is 1. The van der Waals surface area contributed by atoms with Gasteiger partial charge in [0.25, 0.3) is 0 Å². The number of hydrogen-bond acceptors (Lipinski definition) is 4. The molecule has 0 bridgehead atoms. The molecule has 2 aromatic rings. The molecule has 0 amide bonds. The van der Waals surface area contributed by atoms with Crippen LogP contribution in [-0.4, -0.2) is 9.97 Å². The van der Waals surface area contributed by atoms with Gasteiger partial charge >= 0.3 is 0 Å². The molecule has 1 aromatic heterocycles. The standard InChI is InChI=1S/C13H11FN4/c1-9(13-8-16-4-5-17-13)18-11-2-3-12(14)10(6-11)7-15/h2-6,8-9,18H,1H3. The van der Waals surface area contributed by atoms with Crippen LogP contribution in [0.5, 0.6) is 0 Å². The molecule has 0 saturated carbocycles. The summed E-state index contributed by atoms with van der Waals surface area (Å²) in [7, 11) is 0. The van der Waals surface area contributed by atoms with Gasteiger partial charge in [-0.3, -0.25) is 9.97 Å². The molecule has 1 unspecified atom stereocenters. The highest BCUT2D eigenvalue weighted by atomic mass is 19.1. The molecule has 4 nitrogen and oxygen atoms in total. The average Bonchev–Trinajstić information content (AvgIpc) is 2.42. The summed E-state index contributed by atoms with van der Waals surface area (Å²) in [6.45, 7) is 1.92. The van der Waals surface area contributed by atoms with Crippen molar-refractivity contribution in [2.24, 2.45) is 0 Å². The zero-order valence-corrected chi connectivity index (χ0v) is 9.76. The van der Waals surface area contributed by atoms with Crippen molar-refractivity contribution in [2.75, 3.05) is 5.32 Å². The highest BCUT2D eigenvalue weighted by Gasteiger charge is 2.08. The van der Waals surface area contributed by atoms with E-state index in [9.17, 15) is 4.39 Å². The number of rotatable bonds is 3. The van der Waals surface area contributed by atoms with Gasteiger partial charge in [0.15, 0.2) is 0 Å². The summed E-state index contributed by atoms with van der Waals surface area (Å²) in [6, 6.07) is 6.06. The predicted octanol–water partition coefficient (Wildman–Crippen LogP) is 2.66. The Morgan fingerprint density at radius 2 is 2.22 bits per heavy atom. The summed E-state index contributed by atoms with van der Waals surface area (Å²) in [5, 5.41) is 11.9. The molecule has 90 valence electrons. The second-order valence-electron chi connectivity index (χ2n) is 3.80. The molecule has 1 N–H and O–H groups in total. The SMILES string of the molecule is CC(Nc1ccc(F)c(C#N)c1)c1cnccn1. The van der Waals surface area contributed by atoms with Gasteiger partial charge in [-0.15, -0.1) is 0 Å². The van der Waals surface area contributed by atoms with Gasteiger partial charge < -0.3 is 5.32 Å². The van der Waals surface area contributed by atoms with E-state index < -0.39 is 5.82 Å². The van der Waals surface area contributed by atoms with E-state index in [1.54, 1.807) is 30.7 Å². The van der Waals surface area contributed by atoms with E-state index in [0.717, 1.165) is 5.69 Å². The second-order valence-corrected chi connectivity index (χ2v) is 3.80. The number of nitrogens with zero attached hydrogens (tertiary/aromatic N) is 3. The van der Waals surface area contributed by atoms with Crippen molar-refractivity contribution in [3.8, 4) is 6.07 Å². The molecule has 18 heavy (non-hydrogen) atoms. The molecule has 0 fully saturated rings. The molecule has 0 aliphatic carbocycles. The number of anilines is 1. The van der Waals surface area contributed by atoms with Crippen LogP contribution in [0.25, 0.3) is 0 Å². The van der Waals surface area contributed by atoms with Crippen molar-refractivity contribution in [3.05, 3.63) is 53.9 Å². The monoisotopic (exact) mass is 242 g/mol. The minimum absolute atomic E-state index is 0.0198. The fourth-order valence-corrected chi connectivity index (χ4v) is 1.56. The lowest BCUT2D eigenvalue weighted by molar-refractivity contribution is 0.624. The van der Waals surface area contributed by atoms with E-state index in [2.05, 4.69) is 15.3 Å². The van der Waals surface area contributed by atoms with Gasteiger partial charge in [-0.1, -0.05) is 0 Å². The van der Waals surface area contributed by atoms with Crippen molar-refractivity contribution >= 4 is 5.69 Å². The van der Waals surface area contributed by atoms with Crippen molar-refractivity contribution in [1.82, 2.24) is 9.97 Å². The highest BCUT2D eigenvalue weighted by Crippen LogP contribution is 2.19. The summed E-state index contributed by atoms with van der Waals surface area (Å²) in [5.41, 5.74) is 1.47.